The van der Waals surface area contributed by atoms with Crippen molar-refractivity contribution in [2.24, 2.45) is 0 Å². The molecule has 0 saturated heterocycles. The lowest BCUT2D eigenvalue weighted by Gasteiger charge is -2.02. The predicted molar refractivity (Wildman–Crippen MR) is 111 cm³/mol. The van der Waals surface area contributed by atoms with Crippen molar-refractivity contribution in [1.29, 1.82) is 0 Å². The number of H-pyrrole nitrogens is 1. The van der Waals surface area contributed by atoms with E-state index in [0.717, 1.165) is 33.8 Å². The Labute approximate surface area is 170 Å². The van der Waals surface area contributed by atoms with E-state index in [-0.39, 0.29) is 5.75 Å². The van der Waals surface area contributed by atoms with Gasteiger partial charge in [-0.2, -0.15) is 5.10 Å². The highest BCUT2D eigenvalue weighted by molar-refractivity contribution is 7.99. The number of aromatic nitrogens is 2. The molecule has 0 aliphatic carbocycles. The highest BCUT2D eigenvalue weighted by Gasteiger charge is 2.09. The van der Waals surface area contributed by atoms with Crippen molar-refractivity contribution >= 4 is 28.5 Å². The summed E-state index contributed by atoms with van der Waals surface area (Å²) in [6, 6.07) is 17.2. The summed E-state index contributed by atoms with van der Waals surface area (Å²) < 4.78 is 11.0. The Balaban J connectivity index is 1.50. The number of benzene rings is 2. The molecule has 0 radical (unpaired) electrons. The molecule has 0 fully saturated rings. The Hall–Kier alpha value is -3.63. The monoisotopic (exact) mass is 404 g/mol. The summed E-state index contributed by atoms with van der Waals surface area (Å²) in [6.45, 7) is 0. The molecule has 6 nitrogen and oxygen atoms in total. The van der Waals surface area contributed by atoms with Gasteiger partial charge in [0.25, 0.3) is 0 Å². The first-order valence-corrected chi connectivity index (χ1v) is 9.69. The number of nitrogens with zero attached hydrogens (tertiary/aromatic N) is 1. The van der Waals surface area contributed by atoms with E-state index in [9.17, 15) is 4.79 Å². The number of carboxylic acids is 1. The van der Waals surface area contributed by atoms with Crippen LogP contribution in [0, 0.1) is 11.8 Å². The zero-order chi connectivity index (χ0) is 20.2. The van der Waals surface area contributed by atoms with Crippen LogP contribution in [0.5, 0.6) is 5.75 Å². The van der Waals surface area contributed by atoms with Crippen molar-refractivity contribution in [2.75, 3.05) is 12.9 Å². The third kappa shape index (κ3) is 4.45. The van der Waals surface area contributed by atoms with Gasteiger partial charge in [-0.3, -0.25) is 9.89 Å². The number of aromatic amines is 1. The van der Waals surface area contributed by atoms with Gasteiger partial charge in [0.2, 0.25) is 0 Å². The smallest absolute Gasteiger partial charge is 0.313 e. The molecule has 2 heterocycles. The summed E-state index contributed by atoms with van der Waals surface area (Å²) in [5.74, 6) is 7.16. The Morgan fingerprint density at radius 1 is 1.14 bits per heavy atom. The fourth-order valence-corrected chi connectivity index (χ4v) is 3.33. The van der Waals surface area contributed by atoms with Gasteiger partial charge in [-0.05, 0) is 53.1 Å². The Morgan fingerprint density at radius 2 is 1.97 bits per heavy atom. The zero-order valence-electron chi connectivity index (χ0n) is 15.4. The third-order valence-corrected chi connectivity index (χ3v) is 5.04. The number of thioether (sulfide) groups is 1. The molecule has 0 amide bonds. The Bertz CT molecular complexity index is 1250. The lowest BCUT2D eigenvalue weighted by Crippen LogP contribution is -1.97. The number of nitrogens with one attached hydrogen (secondary N) is 1. The van der Waals surface area contributed by atoms with E-state index in [2.05, 4.69) is 22.0 Å². The summed E-state index contributed by atoms with van der Waals surface area (Å²) in [4.78, 5) is 10.6. The Kier molecular flexibility index (Phi) is 5.27. The molecule has 29 heavy (non-hydrogen) atoms. The van der Waals surface area contributed by atoms with E-state index >= 15 is 0 Å². The minimum Gasteiger partial charge on any atom is -0.497 e. The number of methoxy groups -OCH3 is 1. The molecule has 0 saturated carbocycles. The molecule has 4 aromatic rings. The number of aliphatic carboxylic acids is 1. The summed E-state index contributed by atoms with van der Waals surface area (Å²) in [6.07, 6.45) is 0. The van der Waals surface area contributed by atoms with Gasteiger partial charge >= 0.3 is 5.97 Å². The lowest BCUT2D eigenvalue weighted by atomic mass is 10.1. The number of hydrogen-bond donors (Lipinski definition) is 2. The van der Waals surface area contributed by atoms with Crippen molar-refractivity contribution in [3.05, 3.63) is 65.9 Å². The topological polar surface area (TPSA) is 88.4 Å². The maximum atomic E-state index is 10.6. The summed E-state index contributed by atoms with van der Waals surface area (Å²) in [5, 5.41) is 18.4. The number of carbonyl (C=O) groups is 1. The molecule has 0 bridgehead atoms. The van der Waals surface area contributed by atoms with Gasteiger partial charge in [0.15, 0.2) is 11.5 Å². The van der Waals surface area contributed by atoms with Crippen LogP contribution in [-0.4, -0.2) is 34.1 Å². The first kappa shape index (κ1) is 18.7. The summed E-state index contributed by atoms with van der Waals surface area (Å²) >= 11 is 1.14. The van der Waals surface area contributed by atoms with Crippen molar-refractivity contribution in [1.82, 2.24) is 10.2 Å². The number of hydrogen-bond acceptors (Lipinski definition) is 5. The van der Waals surface area contributed by atoms with Gasteiger partial charge < -0.3 is 14.3 Å². The average molecular weight is 404 g/mol. The summed E-state index contributed by atoms with van der Waals surface area (Å²) in [5.41, 5.74) is 1.56. The lowest BCUT2D eigenvalue weighted by molar-refractivity contribution is -0.133. The number of furan rings is 1. The van der Waals surface area contributed by atoms with Crippen LogP contribution in [0.25, 0.3) is 22.2 Å². The molecule has 2 N–H and O–H groups in total. The normalized spacial score (nSPS) is 10.5. The van der Waals surface area contributed by atoms with Crippen LogP contribution in [0.3, 0.4) is 0 Å². The van der Waals surface area contributed by atoms with E-state index < -0.39 is 5.97 Å². The van der Waals surface area contributed by atoms with Crippen LogP contribution >= 0.6 is 11.8 Å². The molecule has 2 aromatic carbocycles. The highest BCUT2D eigenvalue weighted by atomic mass is 32.2. The molecule has 0 aliphatic heterocycles. The van der Waals surface area contributed by atoms with Crippen LogP contribution in [0.1, 0.15) is 11.3 Å². The SMILES string of the molecule is COc1ccc2cc(C#Cc3ccc(-c4cc(SCC(=O)O)n[nH]4)o3)ccc2c1. The van der Waals surface area contributed by atoms with Gasteiger partial charge in [0, 0.05) is 11.6 Å². The largest absolute Gasteiger partial charge is 0.497 e. The number of ether oxygens (including phenoxy) is 1. The maximum Gasteiger partial charge on any atom is 0.313 e. The van der Waals surface area contributed by atoms with Crippen LogP contribution < -0.4 is 4.74 Å². The molecule has 2 aromatic heterocycles. The minimum atomic E-state index is -0.886. The van der Waals surface area contributed by atoms with E-state index in [1.807, 2.05) is 36.4 Å². The molecule has 0 spiro atoms. The average Bonchev–Trinajstić information content (AvgIpc) is 3.39. The van der Waals surface area contributed by atoms with E-state index in [1.54, 1.807) is 25.3 Å². The van der Waals surface area contributed by atoms with Gasteiger partial charge in [0.05, 0.1) is 12.9 Å². The zero-order valence-corrected chi connectivity index (χ0v) is 16.2. The minimum absolute atomic E-state index is 0.0439. The fraction of sp³-hybridized carbons (Fsp3) is 0.0909. The van der Waals surface area contributed by atoms with Crippen molar-refractivity contribution < 1.29 is 19.1 Å². The third-order valence-electron chi connectivity index (χ3n) is 4.15. The standard InChI is InChI=1S/C22H16N2O4S/c1-27-18-7-5-15-10-14(2-4-16(15)11-18)3-6-17-8-9-20(28-17)19-12-21(24-23-19)29-13-22(25)26/h2,4-5,7-12H,13H2,1H3,(H,23,24)(H,25,26). The molecular weight excluding hydrogens is 388 g/mol. The molecule has 0 unspecified atom stereocenters. The molecule has 0 atom stereocenters. The van der Waals surface area contributed by atoms with E-state index in [1.165, 1.54) is 0 Å². The number of carboxylic acid groups (broad SMARTS) is 1. The van der Waals surface area contributed by atoms with Gasteiger partial charge in [-0.25, -0.2) is 0 Å². The maximum absolute atomic E-state index is 10.6. The summed E-state index contributed by atoms with van der Waals surface area (Å²) in [7, 11) is 1.65. The van der Waals surface area contributed by atoms with E-state index in [0.29, 0.717) is 22.2 Å². The highest BCUT2D eigenvalue weighted by Crippen LogP contribution is 2.25. The van der Waals surface area contributed by atoms with E-state index in [4.69, 9.17) is 14.3 Å². The second kappa shape index (κ2) is 8.17. The quantitative estimate of drug-likeness (QED) is 0.378. The molecule has 4 rings (SSSR count). The molecule has 0 aliphatic rings. The fourth-order valence-electron chi connectivity index (χ4n) is 2.75. The molecule has 7 heteroatoms. The second-order valence-corrected chi connectivity index (χ2v) is 7.14. The Morgan fingerprint density at radius 3 is 2.79 bits per heavy atom. The van der Waals surface area contributed by atoms with Gasteiger partial charge in [-0.1, -0.05) is 29.8 Å². The van der Waals surface area contributed by atoms with Crippen molar-refractivity contribution in [2.45, 2.75) is 5.03 Å². The van der Waals surface area contributed by atoms with Crippen molar-refractivity contribution in [3.8, 4) is 29.0 Å². The second-order valence-electron chi connectivity index (χ2n) is 6.14. The first-order chi connectivity index (χ1) is 14.1. The molecule has 144 valence electrons. The first-order valence-electron chi connectivity index (χ1n) is 8.71. The van der Waals surface area contributed by atoms with Crippen LogP contribution in [-0.2, 0) is 4.79 Å². The van der Waals surface area contributed by atoms with Crippen LogP contribution in [0.2, 0.25) is 0 Å². The molecular formula is C22H16N2O4S. The number of rotatable bonds is 5. The van der Waals surface area contributed by atoms with Gasteiger partial charge in [0.1, 0.15) is 16.5 Å². The van der Waals surface area contributed by atoms with Crippen LogP contribution in [0.4, 0.5) is 0 Å². The van der Waals surface area contributed by atoms with Crippen LogP contribution in [0.15, 0.2) is 64.0 Å². The van der Waals surface area contributed by atoms with Gasteiger partial charge in [-0.15, -0.1) is 0 Å². The number of fused-ring (bicyclic) bond motifs is 1. The van der Waals surface area contributed by atoms with Crippen molar-refractivity contribution in [3.63, 3.8) is 0 Å². The predicted octanol–water partition coefficient (Wildman–Crippen LogP) is 4.41.